The molecule has 1 saturated heterocycles. The van der Waals surface area contributed by atoms with E-state index < -0.39 is 15.7 Å². The SMILES string of the molecule is COc1cc(NC(=O)c2cc(-c3cccs3)n(C3CCS(=O)(=O)C3)n2)cc(OC)c1OC. The molecule has 0 radical (unpaired) electrons. The highest BCUT2D eigenvalue weighted by Crippen LogP contribution is 2.40. The van der Waals surface area contributed by atoms with Gasteiger partial charge in [0.05, 0.1) is 49.4 Å². The number of aromatic nitrogens is 2. The second kappa shape index (κ2) is 8.83. The Morgan fingerprint density at radius 1 is 1.16 bits per heavy atom. The van der Waals surface area contributed by atoms with Crippen molar-refractivity contribution < 1.29 is 27.4 Å². The smallest absolute Gasteiger partial charge is 0.276 e. The van der Waals surface area contributed by atoms with Crippen LogP contribution in [0.3, 0.4) is 0 Å². The van der Waals surface area contributed by atoms with Crippen molar-refractivity contribution in [3.63, 3.8) is 0 Å². The number of thiophene rings is 1. The highest BCUT2D eigenvalue weighted by Gasteiger charge is 2.32. The topological polar surface area (TPSA) is 109 Å². The Bertz CT molecular complexity index is 1210. The minimum Gasteiger partial charge on any atom is -0.493 e. The van der Waals surface area contributed by atoms with Crippen molar-refractivity contribution in [2.75, 3.05) is 38.2 Å². The number of sulfone groups is 1. The Labute approximate surface area is 189 Å². The molecule has 1 unspecified atom stereocenters. The summed E-state index contributed by atoms with van der Waals surface area (Å²) in [6.45, 7) is 0. The van der Waals surface area contributed by atoms with E-state index >= 15 is 0 Å². The lowest BCUT2D eigenvalue weighted by Gasteiger charge is -2.14. The molecular weight excluding hydrogens is 454 g/mol. The van der Waals surface area contributed by atoms with E-state index in [2.05, 4.69) is 10.4 Å². The van der Waals surface area contributed by atoms with Crippen molar-refractivity contribution in [3.05, 3.63) is 41.4 Å². The van der Waals surface area contributed by atoms with Gasteiger partial charge < -0.3 is 19.5 Å². The summed E-state index contributed by atoms with van der Waals surface area (Å²) >= 11 is 1.50. The van der Waals surface area contributed by atoms with Crippen LogP contribution in [0.1, 0.15) is 23.0 Å². The lowest BCUT2D eigenvalue weighted by Crippen LogP contribution is -2.16. The monoisotopic (exact) mass is 477 g/mol. The molecule has 3 aromatic rings. The normalized spacial score (nSPS) is 17.2. The van der Waals surface area contributed by atoms with Crippen LogP contribution < -0.4 is 19.5 Å². The van der Waals surface area contributed by atoms with E-state index in [9.17, 15) is 13.2 Å². The highest BCUT2D eigenvalue weighted by molar-refractivity contribution is 7.91. The van der Waals surface area contributed by atoms with Gasteiger partial charge in [-0.15, -0.1) is 11.3 Å². The second-order valence-electron chi connectivity index (χ2n) is 7.26. The maximum Gasteiger partial charge on any atom is 0.276 e. The van der Waals surface area contributed by atoms with Crippen molar-refractivity contribution in [3.8, 4) is 27.8 Å². The summed E-state index contributed by atoms with van der Waals surface area (Å²) in [7, 11) is 1.38. The van der Waals surface area contributed by atoms with Gasteiger partial charge in [0.15, 0.2) is 27.0 Å². The maximum absolute atomic E-state index is 13.0. The molecule has 1 aliphatic rings. The number of hydrogen-bond donors (Lipinski definition) is 1. The number of benzene rings is 1. The maximum atomic E-state index is 13.0. The standard InChI is InChI=1S/C21H23N3O6S2/c1-28-17-9-13(10-18(29-2)20(17)30-3)22-21(25)15-11-16(19-5-4-7-31-19)24(23-15)14-6-8-32(26,27)12-14/h4-5,7,9-11,14H,6,8,12H2,1-3H3,(H,22,25). The molecule has 170 valence electrons. The number of nitrogens with zero attached hydrogens (tertiary/aromatic N) is 2. The van der Waals surface area contributed by atoms with E-state index in [0.29, 0.717) is 29.4 Å². The molecule has 9 nitrogen and oxygen atoms in total. The van der Waals surface area contributed by atoms with E-state index in [1.54, 1.807) is 22.9 Å². The zero-order chi connectivity index (χ0) is 22.9. The molecule has 4 rings (SSSR count). The minimum atomic E-state index is -3.11. The van der Waals surface area contributed by atoms with Crippen LogP contribution in [0, 0.1) is 0 Å². The summed E-state index contributed by atoms with van der Waals surface area (Å²) in [6, 6.07) is 8.45. The first kappa shape index (κ1) is 22.2. The van der Waals surface area contributed by atoms with Gasteiger partial charge in [0.25, 0.3) is 5.91 Å². The summed E-state index contributed by atoms with van der Waals surface area (Å²) in [5.74, 6) is 0.928. The number of hydrogen-bond acceptors (Lipinski definition) is 8. The second-order valence-corrected chi connectivity index (χ2v) is 10.4. The third kappa shape index (κ3) is 4.30. The summed E-state index contributed by atoms with van der Waals surface area (Å²) in [5, 5.41) is 9.22. The fraction of sp³-hybridized carbons (Fsp3) is 0.333. The van der Waals surface area contributed by atoms with Crippen LogP contribution in [0.15, 0.2) is 35.7 Å². The Hall–Kier alpha value is -3.05. The number of carbonyl (C=O) groups excluding carboxylic acids is 1. The van der Waals surface area contributed by atoms with Crippen molar-refractivity contribution in [2.45, 2.75) is 12.5 Å². The van der Waals surface area contributed by atoms with Crippen molar-refractivity contribution >= 4 is 32.8 Å². The molecule has 2 aromatic heterocycles. The average Bonchev–Trinajstić information content (AvgIpc) is 3.51. The molecule has 1 aliphatic heterocycles. The molecule has 1 fully saturated rings. The number of carbonyl (C=O) groups is 1. The van der Waals surface area contributed by atoms with Gasteiger partial charge in [-0.05, 0) is 23.9 Å². The van der Waals surface area contributed by atoms with E-state index in [1.807, 2.05) is 17.5 Å². The zero-order valence-corrected chi connectivity index (χ0v) is 19.5. The number of anilines is 1. The minimum absolute atomic E-state index is 0.0149. The van der Waals surface area contributed by atoms with Crippen LogP contribution in [0.5, 0.6) is 17.2 Å². The molecule has 0 saturated carbocycles. The third-order valence-corrected chi connectivity index (χ3v) is 7.86. The predicted molar refractivity (Wildman–Crippen MR) is 122 cm³/mol. The van der Waals surface area contributed by atoms with Crippen LogP contribution in [-0.2, 0) is 9.84 Å². The molecule has 1 atom stereocenters. The number of nitrogens with one attached hydrogen (secondary N) is 1. The third-order valence-electron chi connectivity index (χ3n) is 5.22. The molecule has 1 amide bonds. The van der Waals surface area contributed by atoms with Gasteiger partial charge in [-0.2, -0.15) is 5.10 Å². The van der Waals surface area contributed by atoms with E-state index in [0.717, 1.165) is 10.6 Å². The summed E-state index contributed by atoms with van der Waals surface area (Å²) in [4.78, 5) is 13.9. The number of amides is 1. The Kier molecular flexibility index (Phi) is 6.11. The molecule has 1 aromatic carbocycles. The predicted octanol–water partition coefficient (Wildman–Crippen LogP) is 3.25. The van der Waals surface area contributed by atoms with Gasteiger partial charge in [0.2, 0.25) is 5.75 Å². The van der Waals surface area contributed by atoms with E-state index in [1.165, 1.54) is 32.7 Å². The Morgan fingerprint density at radius 3 is 2.41 bits per heavy atom. The lowest BCUT2D eigenvalue weighted by atomic mass is 10.2. The first-order valence-electron chi connectivity index (χ1n) is 9.80. The first-order valence-corrected chi connectivity index (χ1v) is 12.5. The van der Waals surface area contributed by atoms with Gasteiger partial charge in [-0.1, -0.05) is 6.07 Å². The highest BCUT2D eigenvalue weighted by atomic mass is 32.2. The lowest BCUT2D eigenvalue weighted by molar-refractivity contribution is 0.102. The zero-order valence-electron chi connectivity index (χ0n) is 17.8. The molecule has 0 aliphatic carbocycles. The van der Waals surface area contributed by atoms with Gasteiger partial charge in [0.1, 0.15) is 0 Å². The molecule has 0 bridgehead atoms. The molecule has 3 heterocycles. The van der Waals surface area contributed by atoms with Gasteiger partial charge in [-0.25, -0.2) is 8.42 Å². The van der Waals surface area contributed by atoms with Crippen molar-refractivity contribution in [1.29, 1.82) is 0 Å². The molecule has 32 heavy (non-hydrogen) atoms. The average molecular weight is 478 g/mol. The van der Waals surface area contributed by atoms with E-state index in [-0.39, 0.29) is 23.2 Å². The Morgan fingerprint density at radius 2 is 1.88 bits per heavy atom. The summed E-state index contributed by atoms with van der Waals surface area (Å²) in [6.07, 6.45) is 0.469. The van der Waals surface area contributed by atoms with Gasteiger partial charge in [-0.3, -0.25) is 9.48 Å². The summed E-state index contributed by atoms with van der Waals surface area (Å²) < 4.78 is 41.7. The fourth-order valence-electron chi connectivity index (χ4n) is 3.71. The number of rotatable bonds is 7. The van der Waals surface area contributed by atoms with Crippen molar-refractivity contribution in [1.82, 2.24) is 9.78 Å². The molecule has 11 heteroatoms. The van der Waals surface area contributed by atoms with Crippen molar-refractivity contribution in [2.24, 2.45) is 0 Å². The van der Waals surface area contributed by atoms with Crippen LogP contribution in [0.4, 0.5) is 5.69 Å². The molecule has 0 spiro atoms. The molecular formula is C21H23N3O6S2. The molecule has 1 N–H and O–H groups in total. The fourth-order valence-corrected chi connectivity index (χ4v) is 6.13. The Balaban J connectivity index is 1.67. The largest absolute Gasteiger partial charge is 0.493 e. The number of methoxy groups -OCH3 is 3. The van der Waals surface area contributed by atoms with Gasteiger partial charge >= 0.3 is 0 Å². The van der Waals surface area contributed by atoms with Crippen LogP contribution in [-0.4, -0.2) is 56.9 Å². The quantitative estimate of drug-likeness (QED) is 0.556. The number of ether oxygens (including phenoxy) is 3. The van der Waals surface area contributed by atoms with Crippen LogP contribution >= 0.6 is 11.3 Å². The van der Waals surface area contributed by atoms with E-state index in [4.69, 9.17) is 14.2 Å². The van der Waals surface area contributed by atoms with Gasteiger partial charge in [0, 0.05) is 17.8 Å². The first-order chi connectivity index (χ1) is 15.3. The van der Waals surface area contributed by atoms with Crippen LogP contribution in [0.2, 0.25) is 0 Å². The van der Waals surface area contributed by atoms with Crippen LogP contribution in [0.25, 0.3) is 10.6 Å². The summed E-state index contributed by atoms with van der Waals surface area (Å²) in [5.41, 5.74) is 1.35.